The van der Waals surface area contributed by atoms with Gasteiger partial charge < -0.3 is 0 Å². The molecule has 0 heterocycles. The number of amides is 1. The monoisotopic (exact) mass is 478 g/mol. The van der Waals surface area contributed by atoms with Gasteiger partial charge in [0.15, 0.2) is 0 Å². The maximum atomic E-state index is 12.9. The van der Waals surface area contributed by atoms with Crippen LogP contribution in [-0.2, 0) is 4.74 Å². The summed E-state index contributed by atoms with van der Waals surface area (Å²) in [6, 6.07) is -0.0185. The predicted molar refractivity (Wildman–Crippen MR) is 116 cm³/mol. The molecule has 1 atom stereocenters. The summed E-state index contributed by atoms with van der Waals surface area (Å²) in [6.07, 6.45) is 7.50. The third kappa shape index (κ3) is 11.7. The van der Waals surface area contributed by atoms with E-state index in [9.17, 15) is 4.79 Å². The second-order valence-corrected chi connectivity index (χ2v) is 22.9. The number of carbonyl (C=O) groups excluding carboxylic acids is 1. The van der Waals surface area contributed by atoms with Crippen LogP contribution in [-0.4, -0.2) is 52.1 Å². The molecular weight excluding hydrogens is 431 g/mol. The fourth-order valence-electron chi connectivity index (χ4n) is 3.55. The minimum atomic E-state index is -2.45. The molecule has 0 aliphatic carbocycles. The van der Waals surface area contributed by atoms with Gasteiger partial charge in [-0.3, -0.25) is 0 Å². The Morgan fingerprint density at radius 1 is 1.00 bits per heavy atom. The van der Waals surface area contributed by atoms with Crippen LogP contribution >= 0.6 is 0 Å². The number of unbranched alkanes of at least 4 members (excludes halogenated alkanes) is 3. The van der Waals surface area contributed by atoms with E-state index in [1.807, 2.05) is 32.6 Å². The molecule has 0 saturated carbocycles. The number of rotatable bonds is 13. The van der Waals surface area contributed by atoms with Gasteiger partial charge in [0.1, 0.15) is 0 Å². The summed E-state index contributed by atoms with van der Waals surface area (Å²) >= 11 is -2.45. The zero-order valence-electron chi connectivity index (χ0n) is 18.7. The van der Waals surface area contributed by atoms with Crippen LogP contribution in [0.5, 0.6) is 0 Å². The zero-order chi connectivity index (χ0) is 20.2. The average molecular weight is 477 g/mol. The Morgan fingerprint density at radius 2 is 1.42 bits per heavy atom. The second kappa shape index (κ2) is 13.2. The van der Waals surface area contributed by atoms with Gasteiger partial charge in [0.2, 0.25) is 0 Å². The van der Waals surface area contributed by atoms with Crippen LogP contribution in [0.3, 0.4) is 0 Å². The molecule has 0 rings (SSSR count). The average Bonchev–Trinajstić information content (AvgIpc) is 2.53. The van der Waals surface area contributed by atoms with E-state index in [1.54, 1.807) is 0 Å². The van der Waals surface area contributed by atoms with Gasteiger partial charge in [-0.25, -0.2) is 0 Å². The molecule has 0 aromatic carbocycles. The van der Waals surface area contributed by atoms with Gasteiger partial charge >= 0.3 is 168 Å². The molecule has 26 heavy (non-hydrogen) atoms. The van der Waals surface area contributed by atoms with Crippen molar-refractivity contribution >= 4 is 24.5 Å². The van der Waals surface area contributed by atoms with Crippen molar-refractivity contribution in [2.24, 2.45) is 5.73 Å². The summed E-state index contributed by atoms with van der Waals surface area (Å²) in [7, 11) is 0. The quantitative estimate of drug-likeness (QED) is 0.333. The molecular formula is C21H46N2O2Sn. The Bertz CT molecular complexity index is 359. The van der Waals surface area contributed by atoms with Crippen LogP contribution < -0.4 is 5.73 Å². The molecule has 4 nitrogen and oxygen atoms in total. The second-order valence-electron chi connectivity index (χ2n) is 9.15. The fourth-order valence-corrected chi connectivity index (χ4v) is 19.5. The van der Waals surface area contributed by atoms with E-state index in [-0.39, 0.29) is 12.1 Å². The van der Waals surface area contributed by atoms with E-state index in [2.05, 4.69) is 20.8 Å². The topological polar surface area (TPSA) is 55.6 Å². The molecule has 0 aliphatic rings. The van der Waals surface area contributed by atoms with Gasteiger partial charge in [-0.2, -0.15) is 0 Å². The van der Waals surface area contributed by atoms with Crippen LogP contribution in [0.15, 0.2) is 0 Å². The molecule has 2 N–H and O–H groups in total. The molecule has 0 bridgehead atoms. The van der Waals surface area contributed by atoms with E-state index >= 15 is 0 Å². The number of nitrogens with zero attached hydrogens (tertiary/aromatic N) is 1. The summed E-state index contributed by atoms with van der Waals surface area (Å²) in [6.45, 7) is 15.3. The summed E-state index contributed by atoms with van der Waals surface area (Å²) in [5, 5.41) is 0. The first kappa shape index (κ1) is 26.0. The Hall–Kier alpha value is 0.0287. The number of hydrogen-bond acceptors (Lipinski definition) is 3. The Morgan fingerprint density at radius 3 is 1.73 bits per heavy atom. The first-order valence-corrected chi connectivity index (χ1v) is 18.9. The van der Waals surface area contributed by atoms with Crippen molar-refractivity contribution in [3.05, 3.63) is 0 Å². The number of ether oxygens (including phenoxy) is 1. The molecule has 0 radical (unpaired) electrons. The van der Waals surface area contributed by atoms with E-state index in [1.165, 1.54) is 51.8 Å². The van der Waals surface area contributed by atoms with Crippen LogP contribution in [0.2, 0.25) is 13.3 Å². The molecule has 5 heteroatoms. The molecule has 0 aliphatic heterocycles. The molecule has 1 amide bonds. The van der Waals surface area contributed by atoms with Crippen molar-refractivity contribution in [2.45, 2.75) is 112 Å². The molecule has 0 fully saturated rings. The number of nitrogens with two attached hydrogens (primary N) is 1. The van der Waals surface area contributed by atoms with Gasteiger partial charge in [-0.1, -0.05) is 0 Å². The van der Waals surface area contributed by atoms with Crippen LogP contribution in [0.25, 0.3) is 0 Å². The molecule has 0 saturated heterocycles. The normalized spacial score (nSPS) is 13.5. The molecule has 156 valence electrons. The summed E-state index contributed by atoms with van der Waals surface area (Å²) in [4.78, 5) is 14.9. The third-order valence-electron chi connectivity index (χ3n) is 4.87. The molecule has 0 spiro atoms. The Kier molecular flexibility index (Phi) is 13.3. The number of hydrogen-bond donors (Lipinski definition) is 1. The van der Waals surface area contributed by atoms with Crippen LogP contribution in [0, 0.1) is 0 Å². The van der Waals surface area contributed by atoms with Crippen LogP contribution in [0.1, 0.15) is 87.0 Å². The summed E-state index contributed by atoms with van der Waals surface area (Å²) in [5.74, 6) is 0. The van der Waals surface area contributed by atoms with E-state index in [4.69, 9.17) is 10.5 Å². The SMILES string of the molecule is CCC[CH2][Sn]([CH2]CCC)([CH2]CCC)[CH2]N(CC(C)N)C(=O)OC(C)(C)C. The van der Waals surface area contributed by atoms with Gasteiger partial charge in [0, 0.05) is 0 Å². The van der Waals surface area contributed by atoms with Crippen molar-refractivity contribution in [2.75, 3.05) is 11.1 Å². The van der Waals surface area contributed by atoms with E-state index in [0.717, 1.165) is 4.56 Å². The predicted octanol–water partition coefficient (Wildman–Crippen LogP) is 5.96. The first-order valence-electron chi connectivity index (χ1n) is 10.8. The minimum absolute atomic E-state index is 0.0185. The standard InChI is InChI=1S/C9H19N2O2.3C4H9.Sn/c1-7(10)6-11(5)8(12)13-9(2,3)4;3*1-3-4-2;/h7H,5-6,10H2,1-4H3;3*1,3-4H2,2H3;. The Balaban J connectivity index is 5.48. The zero-order valence-corrected chi connectivity index (χ0v) is 21.6. The van der Waals surface area contributed by atoms with Crippen molar-refractivity contribution in [1.82, 2.24) is 4.90 Å². The third-order valence-corrected chi connectivity index (χ3v) is 20.0. The van der Waals surface area contributed by atoms with Crippen molar-refractivity contribution in [3.63, 3.8) is 0 Å². The van der Waals surface area contributed by atoms with Crippen molar-refractivity contribution in [1.29, 1.82) is 0 Å². The van der Waals surface area contributed by atoms with E-state index < -0.39 is 24.0 Å². The number of carbonyl (C=O) groups is 1. The van der Waals surface area contributed by atoms with Gasteiger partial charge in [-0.05, 0) is 0 Å². The molecule has 1 unspecified atom stereocenters. The molecule has 0 aromatic heterocycles. The van der Waals surface area contributed by atoms with Gasteiger partial charge in [-0.15, -0.1) is 0 Å². The van der Waals surface area contributed by atoms with Crippen molar-refractivity contribution in [3.8, 4) is 0 Å². The van der Waals surface area contributed by atoms with Crippen LogP contribution in [0.4, 0.5) is 4.79 Å². The summed E-state index contributed by atoms with van der Waals surface area (Å²) in [5.41, 5.74) is 5.63. The first-order chi connectivity index (χ1) is 12.1. The van der Waals surface area contributed by atoms with Gasteiger partial charge in [0.05, 0.1) is 0 Å². The fraction of sp³-hybridized carbons (Fsp3) is 0.952. The van der Waals surface area contributed by atoms with Crippen molar-refractivity contribution < 1.29 is 9.53 Å². The van der Waals surface area contributed by atoms with E-state index in [0.29, 0.717) is 6.54 Å². The maximum absolute atomic E-state index is 12.9. The molecule has 0 aromatic rings. The summed E-state index contributed by atoms with van der Waals surface area (Å²) < 4.78 is 10.9. The van der Waals surface area contributed by atoms with Gasteiger partial charge in [0.25, 0.3) is 0 Å². The Labute approximate surface area is 167 Å².